The Morgan fingerprint density at radius 3 is 1.48 bits per heavy atom. The first-order chi connectivity index (χ1) is 21.7. The van der Waals surface area contributed by atoms with Crippen LogP contribution in [0.3, 0.4) is 0 Å². The van der Waals surface area contributed by atoms with Gasteiger partial charge in [-0.3, -0.25) is 0 Å². The molecule has 44 heavy (non-hydrogen) atoms. The zero-order valence-corrected chi connectivity index (χ0v) is 23.4. The van der Waals surface area contributed by atoms with Gasteiger partial charge in [0, 0.05) is 32.8 Å². The second-order valence-electron chi connectivity index (χ2n) is 10.8. The maximum Gasteiger partial charge on any atom is 0.0992 e. The molecule has 0 N–H and O–H groups in total. The van der Waals surface area contributed by atoms with Crippen LogP contribution in [0.1, 0.15) is 16.7 Å². The molecule has 0 aliphatic carbocycles. The maximum atomic E-state index is 9.85. The highest BCUT2D eigenvalue weighted by molar-refractivity contribution is 6.11. The van der Waals surface area contributed by atoms with Gasteiger partial charge in [0.05, 0.1) is 62.7 Å². The fraction of sp³-hybridized carbons (Fsp3) is 0. The fourth-order valence-corrected chi connectivity index (χ4v) is 6.44. The zero-order valence-electron chi connectivity index (χ0n) is 23.4. The van der Waals surface area contributed by atoms with Crippen LogP contribution >= 0.6 is 0 Å². The van der Waals surface area contributed by atoms with Crippen LogP contribution in [0.5, 0.6) is 0 Å². The Morgan fingerprint density at radius 2 is 0.886 bits per heavy atom. The van der Waals surface area contributed by atoms with Crippen molar-refractivity contribution >= 4 is 43.6 Å². The molecule has 0 radical (unpaired) electrons. The van der Waals surface area contributed by atoms with E-state index in [2.05, 4.69) is 75.9 Å². The smallest absolute Gasteiger partial charge is 0.0992 e. The third-order valence-electron chi connectivity index (χ3n) is 8.41. The van der Waals surface area contributed by atoms with Crippen LogP contribution in [-0.4, -0.2) is 9.13 Å². The van der Waals surface area contributed by atoms with E-state index in [0.29, 0.717) is 16.7 Å². The minimum atomic E-state index is 0.571. The first-order valence-electron chi connectivity index (χ1n) is 14.2. The number of nitrogens with zero attached hydrogens (tertiary/aromatic N) is 5. The van der Waals surface area contributed by atoms with E-state index in [1.165, 1.54) is 0 Å². The average Bonchev–Trinajstić information content (AvgIpc) is 3.60. The molecular formula is C39H21N5. The zero-order chi connectivity index (χ0) is 29.8. The van der Waals surface area contributed by atoms with Gasteiger partial charge in [0.25, 0.3) is 0 Å². The number of nitriles is 3. The molecule has 8 aromatic rings. The van der Waals surface area contributed by atoms with E-state index in [9.17, 15) is 15.8 Å². The summed E-state index contributed by atoms with van der Waals surface area (Å²) in [6, 6.07) is 49.1. The van der Waals surface area contributed by atoms with Crippen LogP contribution < -0.4 is 0 Å². The number of hydrogen-bond donors (Lipinski definition) is 0. The van der Waals surface area contributed by atoms with Crippen molar-refractivity contribution in [1.82, 2.24) is 9.13 Å². The van der Waals surface area contributed by atoms with Crippen LogP contribution in [0.25, 0.3) is 66.1 Å². The SMILES string of the molecule is N#Cc1ccc(-c2ccc(-n3c4ccccc4c4cc(C#N)ccc43)cc2)c(-n2c3ccccc3c3cc(C#N)ccc32)c1. The van der Waals surface area contributed by atoms with Crippen LogP contribution in [0.2, 0.25) is 0 Å². The molecule has 0 saturated heterocycles. The number of fused-ring (bicyclic) bond motifs is 6. The normalized spacial score (nSPS) is 11.1. The maximum absolute atomic E-state index is 9.85. The first-order valence-corrected chi connectivity index (χ1v) is 14.2. The van der Waals surface area contributed by atoms with Gasteiger partial charge in [-0.1, -0.05) is 54.6 Å². The summed E-state index contributed by atoms with van der Waals surface area (Å²) in [6.45, 7) is 0. The van der Waals surface area contributed by atoms with E-state index in [-0.39, 0.29) is 0 Å². The van der Waals surface area contributed by atoms with Crippen LogP contribution in [0.4, 0.5) is 0 Å². The number of benzene rings is 6. The van der Waals surface area contributed by atoms with Gasteiger partial charge in [0.1, 0.15) is 0 Å². The van der Waals surface area contributed by atoms with Crippen molar-refractivity contribution in [3.8, 4) is 40.7 Å². The lowest BCUT2D eigenvalue weighted by Gasteiger charge is -2.15. The lowest BCUT2D eigenvalue weighted by molar-refractivity contribution is 1.17. The molecule has 2 heterocycles. The van der Waals surface area contributed by atoms with E-state index in [1.54, 1.807) is 0 Å². The van der Waals surface area contributed by atoms with E-state index >= 15 is 0 Å². The predicted octanol–water partition coefficient (Wildman–Crippen LogP) is 9.16. The third-order valence-corrected chi connectivity index (χ3v) is 8.41. The van der Waals surface area contributed by atoms with Crippen LogP contribution in [0, 0.1) is 34.0 Å². The molecule has 0 spiro atoms. The molecule has 0 saturated carbocycles. The lowest BCUT2D eigenvalue weighted by Crippen LogP contribution is -1.99. The molecule has 0 amide bonds. The molecule has 8 rings (SSSR count). The summed E-state index contributed by atoms with van der Waals surface area (Å²) in [6.07, 6.45) is 0. The topological polar surface area (TPSA) is 81.2 Å². The second kappa shape index (κ2) is 9.74. The summed E-state index contributed by atoms with van der Waals surface area (Å²) in [4.78, 5) is 0. The molecule has 202 valence electrons. The van der Waals surface area contributed by atoms with E-state index in [4.69, 9.17) is 0 Å². The summed E-state index contributed by atoms with van der Waals surface area (Å²) in [5.74, 6) is 0. The lowest BCUT2D eigenvalue weighted by atomic mass is 10.0. The molecule has 0 aliphatic heterocycles. The summed E-state index contributed by atoms with van der Waals surface area (Å²) in [5.41, 5.74) is 9.83. The first kappa shape index (κ1) is 25.1. The van der Waals surface area contributed by atoms with Crippen LogP contribution in [0.15, 0.2) is 127 Å². The van der Waals surface area contributed by atoms with E-state index in [1.807, 2.05) is 78.9 Å². The number of para-hydroxylation sites is 2. The molecule has 0 unspecified atom stereocenters. The van der Waals surface area contributed by atoms with Gasteiger partial charge in [-0.15, -0.1) is 0 Å². The Balaban J connectivity index is 1.34. The highest BCUT2D eigenvalue weighted by Crippen LogP contribution is 2.38. The monoisotopic (exact) mass is 559 g/mol. The van der Waals surface area contributed by atoms with Crippen LogP contribution in [-0.2, 0) is 0 Å². The fourth-order valence-electron chi connectivity index (χ4n) is 6.44. The summed E-state index contributed by atoms with van der Waals surface area (Å²) in [5, 5.41) is 33.1. The number of hydrogen-bond acceptors (Lipinski definition) is 3. The highest BCUT2D eigenvalue weighted by Gasteiger charge is 2.18. The van der Waals surface area contributed by atoms with Gasteiger partial charge < -0.3 is 9.13 Å². The van der Waals surface area contributed by atoms with Gasteiger partial charge >= 0.3 is 0 Å². The molecule has 0 fully saturated rings. The molecule has 0 bridgehead atoms. The summed E-state index contributed by atoms with van der Waals surface area (Å²) in [7, 11) is 0. The Kier molecular flexibility index (Phi) is 5.56. The Hall–Kier alpha value is -6.61. The molecule has 2 aromatic heterocycles. The molecule has 6 aromatic carbocycles. The third kappa shape index (κ3) is 3.70. The quantitative estimate of drug-likeness (QED) is 0.216. The Labute approximate surface area is 252 Å². The van der Waals surface area contributed by atoms with Gasteiger partial charge in [0.15, 0.2) is 0 Å². The summed E-state index contributed by atoms with van der Waals surface area (Å²) < 4.78 is 4.42. The van der Waals surface area contributed by atoms with E-state index < -0.39 is 0 Å². The van der Waals surface area contributed by atoms with Crippen molar-refractivity contribution in [2.75, 3.05) is 0 Å². The minimum absolute atomic E-state index is 0.571. The Morgan fingerprint density at radius 1 is 0.409 bits per heavy atom. The van der Waals surface area contributed by atoms with Gasteiger partial charge in [-0.25, -0.2) is 0 Å². The van der Waals surface area contributed by atoms with E-state index in [0.717, 1.165) is 66.1 Å². The molecule has 5 heteroatoms. The molecule has 0 atom stereocenters. The molecular weight excluding hydrogens is 538 g/mol. The van der Waals surface area contributed by atoms with Crippen molar-refractivity contribution < 1.29 is 0 Å². The van der Waals surface area contributed by atoms with Crippen molar-refractivity contribution in [3.63, 3.8) is 0 Å². The second-order valence-corrected chi connectivity index (χ2v) is 10.8. The number of rotatable bonds is 3. The molecule has 5 nitrogen and oxygen atoms in total. The summed E-state index contributed by atoms with van der Waals surface area (Å²) >= 11 is 0. The minimum Gasteiger partial charge on any atom is -0.309 e. The molecule has 0 aliphatic rings. The van der Waals surface area contributed by atoms with Gasteiger partial charge in [-0.2, -0.15) is 15.8 Å². The highest BCUT2D eigenvalue weighted by atomic mass is 15.0. The van der Waals surface area contributed by atoms with Crippen molar-refractivity contribution in [3.05, 3.63) is 144 Å². The van der Waals surface area contributed by atoms with Crippen molar-refractivity contribution in [2.45, 2.75) is 0 Å². The standard InChI is InChI=1S/C39H21N5/c40-22-25-10-17-37-33(19-25)31-5-1-3-7-35(31)43(37)29-14-12-28(13-15-29)30-16-9-27(24-42)21-39(30)44-36-8-4-2-6-32(36)34-20-26(23-41)11-18-38(34)44/h1-21H. The van der Waals surface area contributed by atoms with Gasteiger partial charge in [-0.05, 0) is 78.4 Å². The number of aromatic nitrogens is 2. The van der Waals surface area contributed by atoms with Gasteiger partial charge in [0.2, 0.25) is 0 Å². The van der Waals surface area contributed by atoms with Crippen molar-refractivity contribution in [1.29, 1.82) is 15.8 Å². The predicted molar refractivity (Wildman–Crippen MR) is 175 cm³/mol. The Bertz CT molecular complexity index is 2580. The average molecular weight is 560 g/mol. The largest absolute Gasteiger partial charge is 0.309 e. The van der Waals surface area contributed by atoms with Crippen molar-refractivity contribution in [2.24, 2.45) is 0 Å².